The van der Waals surface area contributed by atoms with Crippen LogP contribution >= 0.6 is 24.0 Å². The first-order valence-electron chi connectivity index (χ1n) is 9.90. The predicted octanol–water partition coefficient (Wildman–Crippen LogP) is 2.46. The van der Waals surface area contributed by atoms with Crippen LogP contribution in [0.25, 0.3) is 0 Å². The Morgan fingerprint density at radius 2 is 2.03 bits per heavy atom. The summed E-state index contributed by atoms with van der Waals surface area (Å²) in [5.41, 5.74) is 2.12. The van der Waals surface area contributed by atoms with Crippen molar-refractivity contribution in [2.45, 2.75) is 19.3 Å². The van der Waals surface area contributed by atoms with Gasteiger partial charge < -0.3 is 19.9 Å². The number of aliphatic imine (C=N–C) groups is 1. The molecule has 0 spiro atoms. The number of piperazine rings is 1. The van der Waals surface area contributed by atoms with Crippen molar-refractivity contribution >= 4 is 41.5 Å². The number of ether oxygens (including phenoxy) is 1. The van der Waals surface area contributed by atoms with Gasteiger partial charge in [0.15, 0.2) is 5.96 Å². The van der Waals surface area contributed by atoms with Gasteiger partial charge in [-0.1, -0.05) is 19.1 Å². The number of halogens is 1. The molecule has 1 aliphatic heterocycles. The first-order valence-corrected chi connectivity index (χ1v) is 9.90. The third-order valence-electron chi connectivity index (χ3n) is 5.28. The Bertz CT molecular complexity index is 851. The molecule has 1 aromatic heterocycles. The number of amides is 1. The maximum absolute atomic E-state index is 12.6. The van der Waals surface area contributed by atoms with E-state index in [0.29, 0.717) is 19.0 Å². The molecule has 1 aromatic carbocycles. The van der Waals surface area contributed by atoms with Crippen molar-refractivity contribution in [3.8, 4) is 5.75 Å². The van der Waals surface area contributed by atoms with E-state index in [1.165, 1.54) is 5.56 Å². The van der Waals surface area contributed by atoms with Crippen LogP contribution in [0.1, 0.15) is 24.8 Å². The summed E-state index contributed by atoms with van der Waals surface area (Å²) in [7, 11) is 5.28. The van der Waals surface area contributed by atoms with Gasteiger partial charge in [0.25, 0.3) is 0 Å². The monoisotopic (exact) mass is 526 g/mol. The molecule has 1 fully saturated rings. The number of hydrogen-bond donors (Lipinski definition) is 1. The fourth-order valence-electron chi connectivity index (χ4n) is 3.51. The number of nitrogens with zero attached hydrogens (tertiary/aromatic N) is 5. The zero-order valence-corrected chi connectivity index (χ0v) is 20.4. The predicted molar refractivity (Wildman–Crippen MR) is 130 cm³/mol. The maximum atomic E-state index is 12.6. The molecule has 9 heteroatoms. The lowest BCUT2D eigenvalue weighted by molar-refractivity contribution is -0.120. The van der Waals surface area contributed by atoms with E-state index < -0.39 is 0 Å². The number of methoxy groups -OCH3 is 1. The van der Waals surface area contributed by atoms with E-state index in [0.717, 1.165) is 36.9 Å². The molecule has 1 aliphatic rings. The average Bonchev–Trinajstić information content (AvgIpc) is 3.17. The lowest BCUT2D eigenvalue weighted by atomic mass is 9.98. The van der Waals surface area contributed by atoms with Crippen LogP contribution in [0, 0.1) is 0 Å². The van der Waals surface area contributed by atoms with Gasteiger partial charge in [-0.05, 0) is 30.0 Å². The van der Waals surface area contributed by atoms with Gasteiger partial charge in [0, 0.05) is 39.9 Å². The van der Waals surface area contributed by atoms with Crippen molar-refractivity contribution in [3.05, 3.63) is 42.2 Å². The molecule has 0 aliphatic carbocycles. The minimum absolute atomic E-state index is 0. The van der Waals surface area contributed by atoms with Gasteiger partial charge in [0.1, 0.15) is 12.3 Å². The number of guanidine groups is 1. The normalized spacial score (nSPS) is 15.6. The first-order chi connectivity index (χ1) is 14.0. The lowest BCUT2D eigenvalue weighted by Crippen LogP contribution is -2.55. The van der Waals surface area contributed by atoms with Crippen LogP contribution < -0.4 is 15.0 Å². The number of hydrogen-bond acceptors (Lipinski definition) is 4. The summed E-state index contributed by atoms with van der Waals surface area (Å²) >= 11 is 0. The molecule has 30 heavy (non-hydrogen) atoms. The number of nitrogens with one attached hydrogen (secondary N) is 1. The van der Waals surface area contributed by atoms with E-state index in [1.54, 1.807) is 29.9 Å². The zero-order valence-electron chi connectivity index (χ0n) is 18.0. The number of aryl methyl sites for hydroxylation is 1. The van der Waals surface area contributed by atoms with Crippen molar-refractivity contribution in [2.24, 2.45) is 12.0 Å². The van der Waals surface area contributed by atoms with Crippen molar-refractivity contribution < 1.29 is 9.53 Å². The largest absolute Gasteiger partial charge is 0.497 e. The fourth-order valence-corrected chi connectivity index (χ4v) is 3.51. The van der Waals surface area contributed by atoms with Crippen LogP contribution in [-0.2, 0) is 11.8 Å². The molecule has 2 aromatic rings. The summed E-state index contributed by atoms with van der Waals surface area (Å²) in [4.78, 5) is 20.8. The van der Waals surface area contributed by atoms with Crippen molar-refractivity contribution in [1.82, 2.24) is 20.0 Å². The highest BCUT2D eigenvalue weighted by molar-refractivity contribution is 14.0. The van der Waals surface area contributed by atoms with Crippen LogP contribution in [0.4, 0.5) is 5.69 Å². The Morgan fingerprint density at radius 3 is 2.60 bits per heavy atom. The third-order valence-corrected chi connectivity index (χ3v) is 5.28. The summed E-state index contributed by atoms with van der Waals surface area (Å²) in [6, 6.07) is 8.19. The van der Waals surface area contributed by atoms with Crippen molar-refractivity contribution in [3.63, 3.8) is 0 Å². The Morgan fingerprint density at radius 1 is 1.30 bits per heavy atom. The van der Waals surface area contributed by atoms with Gasteiger partial charge in [-0.25, -0.2) is 0 Å². The Hall–Kier alpha value is -2.30. The van der Waals surface area contributed by atoms with Crippen molar-refractivity contribution in [2.75, 3.05) is 45.2 Å². The number of aromatic nitrogens is 2. The second-order valence-electron chi connectivity index (χ2n) is 7.28. The van der Waals surface area contributed by atoms with Gasteiger partial charge >= 0.3 is 0 Å². The molecule has 0 radical (unpaired) electrons. The van der Waals surface area contributed by atoms with E-state index in [-0.39, 0.29) is 29.9 Å². The van der Waals surface area contributed by atoms with Crippen LogP contribution in [0.5, 0.6) is 5.75 Å². The molecular formula is C21H31IN6O2. The minimum Gasteiger partial charge on any atom is -0.497 e. The summed E-state index contributed by atoms with van der Waals surface area (Å²) < 4.78 is 6.93. The van der Waals surface area contributed by atoms with Crippen molar-refractivity contribution in [1.29, 1.82) is 0 Å². The van der Waals surface area contributed by atoms with Crippen LogP contribution in [0.15, 0.2) is 41.7 Å². The molecule has 1 atom stereocenters. The highest BCUT2D eigenvalue weighted by atomic mass is 127. The Kier molecular flexibility index (Phi) is 8.94. The van der Waals surface area contributed by atoms with E-state index >= 15 is 0 Å². The van der Waals surface area contributed by atoms with Crippen LogP contribution in [0.2, 0.25) is 0 Å². The second kappa shape index (κ2) is 11.2. The minimum atomic E-state index is 0. The SMILES string of the molecule is CN=C(NCCC(C)c1ccc(OC)cc1)N1CCN(c2cnn(C)c2)C(=O)C1.I. The molecular weight excluding hydrogens is 495 g/mol. The number of carbonyl (C=O) groups excluding carboxylic acids is 1. The highest BCUT2D eigenvalue weighted by Crippen LogP contribution is 2.21. The molecule has 1 amide bonds. The standard InChI is InChI=1S/C21H30N6O2.HI/c1-16(17-5-7-19(29-4)8-6-17)9-10-23-21(22-2)26-11-12-27(20(28)15-26)18-13-24-25(3)14-18;/h5-8,13-14,16H,9-12,15H2,1-4H3,(H,22,23);1H. The summed E-state index contributed by atoms with van der Waals surface area (Å²) in [5.74, 6) is 2.11. The van der Waals surface area contributed by atoms with E-state index in [9.17, 15) is 4.79 Å². The number of rotatable bonds is 6. The van der Waals surface area contributed by atoms with Gasteiger partial charge in [0.05, 0.1) is 19.0 Å². The molecule has 1 unspecified atom stereocenters. The molecule has 2 heterocycles. The zero-order chi connectivity index (χ0) is 20.8. The topological polar surface area (TPSA) is 75.0 Å². The molecule has 0 bridgehead atoms. The first kappa shape index (κ1) is 24.0. The molecule has 1 saturated heterocycles. The van der Waals surface area contributed by atoms with Crippen LogP contribution in [-0.4, -0.2) is 66.9 Å². The summed E-state index contributed by atoms with van der Waals surface area (Å²) in [5, 5.41) is 7.56. The number of anilines is 1. The molecule has 164 valence electrons. The quantitative estimate of drug-likeness (QED) is 0.356. The van der Waals surface area contributed by atoms with Gasteiger partial charge in [0.2, 0.25) is 5.91 Å². The smallest absolute Gasteiger partial charge is 0.246 e. The number of benzene rings is 1. The van der Waals surface area contributed by atoms with Gasteiger partial charge in [-0.2, -0.15) is 5.10 Å². The molecule has 1 N–H and O–H groups in total. The van der Waals surface area contributed by atoms with E-state index in [4.69, 9.17) is 4.74 Å². The fraction of sp³-hybridized carbons (Fsp3) is 0.476. The van der Waals surface area contributed by atoms with E-state index in [1.807, 2.05) is 30.3 Å². The summed E-state index contributed by atoms with van der Waals surface area (Å²) in [6.07, 6.45) is 4.55. The molecule has 0 saturated carbocycles. The second-order valence-corrected chi connectivity index (χ2v) is 7.28. The molecule has 3 rings (SSSR count). The van der Waals surface area contributed by atoms with E-state index in [2.05, 4.69) is 34.5 Å². The average molecular weight is 526 g/mol. The summed E-state index contributed by atoms with van der Waals surface area (Å²) in [6.45, 7) is 4.66. The lowest BCUT2D eigenvalue weighted by Gasteiger charge is -2.35. The van der Waals surface area contributed by atoms with Gasteiger partial charge in [-0.15, -0.1) is 24.0 Å². The van der Waals surface area contributed by atoms with Crippen LogP contribution in [0.3, 0.4) is 0 Å². The maximum Gasteiger partial charge on any atom is 0.246 e. The Balaban J connectivity index is 0.00000320. The molecule has 8 nitrogen and oxygen atoms in total. The number of carbonyl (C=O) groups is 1. The third kappa shape index (κ3) is 5.87. The van der Waals surface area contributed by atoms with Gasteiger partial charge in [-0.3, -0.25) is 14.5 Å². The highest BCUT2D eigenvalue weighted by Gasteiger charge is 2.27. The Labute approximate surface area is 195 Å².